The second-order valence-corrected chi connectivity index (χ2v) is 16.3. The maximum atomic E-state index is 11.4. The zero-order chi connectivity index (χ0) is 47.8. The van der Waals surface area contributed by atoms with E-state index in [2.05, 4.69) is 0 Å². The molecular weight excluding hydrogens is 900 g/mol. The molecule has 65 heavy (non-hydrogen) atoms. The number of rotatable bonds is 15. The van der Waals surface area contributed by atoms with Crippen LogP contribution in [0.25, 0.3) is 0 Å². The fourth-order valence-corrected chi connectivity index (χ4v) is 8.14. The zero-order valence-corrected chi connectivity index (χ0v) is 34.0. The lowest BCUT2D eigenvalue weighted by molar-refractivity contribution is -0.394. The van der Waals surface area contributed by atoms with Crippen molar-refractivity contribution in [3.63, 3.8) is 0 Å². The minimum absolute atomic E-state index is 0.504. The Morgan fingerprint density at radius 2 is 0.662 bits per heavy atom. The normalized spacial score (nSPS) is 53.5. The molecular formula is C35H60O30. The highest BCUT2D eigenvalue weighted by molar-refractivity contribution is 4.99. The Morgan fingerprint density at radius 1 is 0.323 bits per heavy atom. The van der Waals surface area contributed by atoms with Crippen molar-refractivity contribution >= 4 is 0 Å². The van der Waals surface area contributed by atoms with Gasteiger partial charge in [-0.25, -0.2) is 0 Å². The van der Waals surface area contributed by atoms with Crippen LogP contribution in [0.3, 0.4) is 0 Å². The second kappa shape index (κ2) is 22.7. The fourth-order valence-electron chi connectivity index (χ4n) is 8.14. The lowest BCUT2D eigenvalue weighted by atomic mass is 9.95. The van der Waals surface area contributed by atoms with Gasteiger partial charge in [0.1, 0.15) is 140 Å². The highest BCUT2D eigenvalue weighted by atomic mass is 16.8. The molecule has 0 bridgehead atoms. The maximum absolute atomic E-state index is 11.4. The molecule has 0 aromatic heterocycles. The molecule has 6 fully saturated rings. The topological polar surface area (TPSA) is 486 Å². The van der Waals surface area contributed by atoms with Crippen LogP contribution in [-0.2, 0) is 52.1 Å². The quantitative estimate of drug-likeness (QED) is 0.0724. The van der Waals surface area contributed by atoms with Gasteiger partial charge >= 0.3 is 0 Å². The molecule has 0 unspecified atom stereocenters. The van der Waals surface area contributed by atoms with Crippen LogP contribution in [0.4, 0.5) is 0 Å². The Labute approximate surface area is 366 Å². The van der Waals surface area contributed by atoms with E-state index in [1.165, 1.54) is 0 Å². The van der Waals surface area contributed by atoms with Gasteiger partial charge < -0.3 is 149 Å². The number of ether oxygens (including phenoxy) is 11. The molecule has 6 rings (SSSR count). The van der Waals surface area contributed by atoms with E-state index >= 15 is 0 Å². The summed E-state index contributed by atoms with van der Waals surface area (Å²) in [6.07, 6.45) is -54.3. The first kappa shape index (κ1) is 53.2. The lowest BCUT2D eigenvalue weighted by Crippen LogP contribution is -2.68. The van der Waals surface area contributed by atoms with E-state index in [-0.39, 0.29) is 0 Å². The minimum atomic E-state index is -2.19. The van der Waals surface area contributed by atoms with E-state index in [1.807, 2.05) is 0 Å². The molecule has 0 aromatic rings. The van der Waals surface area contributed by atoms with Crippen LogP contribution in [0.2, 0.25) is 0 Å². The van der Waals surface area contributed by atoms with Crippen LogP contribution in [0.15, 0.2) is 0 Å². The van der Waals surface area contributed by atoms with Crippen molar-refractivity contribution in [2.24, 2.45) is 0 Å². The third-order valence-corrected chi connectivity index (χ3v) is 12.0. The van der Waals surface area contributed by atoms with Crippen LogP contribution in [0.1, 0.15) is 0 Å². The molecule has 0 aliphatic carbocycles. The van der Waals surface area contributed by atoms with Crippen LogP contribution in [0, 0.1) is 0 Å². The van der Waals surface area contributed by atoms with E-state index in [9.17, 15) is 97.0 Å². The van der Waals surface area contributed by atoms with Gasteiger partial charge in [-0.15, -0.1) is 0 Å². The van der Waals surface area contributed by atoms with Crippen molar-refractivity contribution in [2.45, 2.75) is 178 Å². The van der Waals surface area contributed by atoms with Crippen molar-refractivity contribution in [3.8, 4) is 0 Å². The van der Waals surface area contributed by atoms with Crippen LogP contribution >= 0.6 is 0 Å². The molecule has 6 aliphatic rings. The summed E-state index contributed by atoms with van der Waals surface area (Å²) in [5.74, 6) is 0. The molecule has 0 radical (unpaired) electrons. The minimum Gasteiger partial charge on any atom is -0.394 e. The predicted octanol–water partition coefficient (Wildman–Crippen LogP) is -13.5. The summed E-state index contributed by atoms with van der Waals surface area (Å²) < 4.78 is 60.8. The smallest absolute Gasteiger partial charge is 0.187 e. The highest BCUT2D eigenvalue weighted by Gasteiger charge is 2.57. The molecule has 30 nitrogen and oxygen atoms in total. The van der Waals surface area contributed by atoms with Gasteiger partial charge in [-0.2, -0.15) is 0 Å². The van der Waals surface area contributed by atoms with Gasteiger partial charge in [0.25, 0.3) is 0 Å². The van der Waals surface area contributed by atoms with Gasteiger partial charge in [-0.1, -0.05) is 0 Å². The second-order valence-electron chi connectivity index (χ2n) is 16.3. The Hall–Kier alpha value is -1.20. The van der Waals surface area contributed by atoms with Crippen molar-refractivity contribution < 1.29 is 149 Å². The molecule has 19 N–H and O–H groups in total. The number of aliphatic hydroxyl groups is 19. The molecule has 6 saturated heterocycles. The SMILES string of the molecule is OC[C@H]1O[C@@H](O[C@H]2[C@H](O)[C@@H](O)[C@H](O[C@H]3[C@H](O)[C@@H](O)[C@H](O[C@H]4[C@H](O)[C@@H](O)[C@H](O[C@H]5[C@H](O)[C@@H](O)[C@H](O)O[C@@H]5CO)O[C@@H]4CO)O[C@@H]3CO)O[C@@H]2CO[C@H]2OC[C@@H](O)[C@H](O)[C@H]2O)[C@H](O)[C@@H](O)[C@@H]1O. The summed E-state index contributed by atoms with van der Waals surface area (Å²) in [5, 5.41) is 199. The lowest BCUT2D eigenvalue weighted by Gasteiger charge is -2.49. The molecule has 29 atom stereocenters. The zero-order valence-electron chi connectivity index (χ0n) is 34.0. The first-order valence-electron chi connectivity index (χ1n) is 20.5. The van der Waals surface area contributed by atoms with Gasteiger partial charge in [0.2, 0.25) is 0 Å². The van der Waals surface area contributed by atoms with E-state index in [1.54, 1.807) is 0 Å². The number of hydrogen-bond donors (Lipinski definition) is 19. The van der Waals surface area contributed by atoms with E-state index in [0.717, 1.165) is 0 Å². The van der Waals surface area contributed by atoms with Gasteiger partial charge in [-0.05, 0) is 0 Å². The van der Waals surface area contributed by atoms with Crippen LogP contribution in [0.5, 0.6) is 0 Å². The third-order valence-electron chi connectivity index (χ3n) is 12.0. The summed E-state index contributed by atoms with van der Waals surface area (Å²) in [5.41, 5.74) is 0. The Kier molecular flexibility index (Phi) is 18.6. The molecule has 6 heterocycles. The van der Waals surface area contributed by atoms with Gasteiger partial charge in [-0.3, -0.25) is 0 Å². The molecule has 0 saturated carbocycles. The van der Waals surface area contributed by atoms with E-state index in [4.69, 9.17) is 52.1 Å². The van der Waals surface area contributed by atoms with Crippen molar-refractivity contribution in [1.82, 2.24) is 0 Å². The summed E-state index contributed by atoms with van der Waals surface area (Å²) in [6, 6.07) is 0. The molecule has 0 spiro atoms. The van der Waals surface area contributed by atoms with Gasteiger partial charge in [0, 0.05) is 0 Å². The molecule has 6 aliphatic heterocycles. The number of hydrogen-bond acceptors (Lipinski definition) is 30. The molecule has 0 aromatic carbocycles. The van der Waals surface area contributed by atoms with E-state index in [0.29, 0.717) is 0 Å². The average molecular weight is 961 g/mol. The Balaban J connectivity index is 1.14. The number of aliphatic hydroxyl groups excluding tert-OH is 19. The first-order valence-corrected chi connectivity index (χ1v) is 20.5. The average Bonchev–Trinajstić information content (AvgIpc) is 3.29. The third kappa shape index (κ3) is 11.1. The van der Waals surface area contributed by atoms with Crippen LogP contribution in [-0.4, -0.2) is 315 Å². The summed E-state index contributed by atoms with van der Waals surface area (Å²) in [7, 11) is 0. The predicted molar refractivity (Wildman–Crippen MR) is 193 cm³/mol. The molecule has 380 valence electrons. The molecule has 30 heteroatoms. The fraction of sp³-hybridized carbons (Fsp3) is 1.00. The van der Waals surface area contributed by atoms with Crippen molar-refractivity contribution in [3.05, 3.63) is 0 Å². The summed E-state index contributed by atoms with van der Waals surface area (Å²) in [4.78, 5) is 0. The van der Waals surface area contributed by atoms with E-state index < -0.39 is 218 Å². The largest absolute Gasteiger partial charge is 0.394 e. The first-order chi connectivity index (χ1) is 30.8. The highest BCUT2D eigenvalue weighted by Crippen LogP contribution is 2.36. The van der Waals surface area contributed by atoms with Crippen molar-refractivity contribution in [1.29, 1.82) is 0 Å². The van der Waals surface area contributed by atoms with Crippen LogP contribution < -0.4 is 0 Å². The summed E-state index contributed by atoms with van der Waals surface area (Å²) in [6.45, 7) is -5.05. The maximum Gasteiger partial charge on any atom is 0.187 e. The Bertz CT molecular complexity index is 1450. The van der Waals surface area contributed by atoms with Gasteiger partial charge in [0.05, 0.1) is 39.6 Å². The molecule has 0 amide bonds. The van der Waals surface area contributed by atoms with Crippen molar-refractivity contribution in [2.75, 3.05) is 39.6 Å². The van der Waals surface area contributed by atoms with Gasteiger partial charge in [0.15, 0.2) is 37.7 Å². The summed E-state index contributed by atoms with van der Waals surface area (Å²) >= 11 is 0. The standard InChI is InChI=1S/C35H60O30/c36-1-8-14(42)15(43)22(50)32(58-8)65-29-12(6-56-31-21(49)13(41)7(40)5-55-31)61-35(25(53)19(29)47)64-28-11(4-39)60-34(24(52)18(28)46)63-27-10(3-38)59-33(23(51)17(27)45)62-26-9(2-37)57-30(54)20(48)16(26)44/h7-54H,1-6H2/t7-,8-,9-,10-,11-,12-,13+,14-,15+,16-,17-,18-,19-,20-,21-,22-,23-,24-,25-,26-,27-,28-,29-,30-,31-,32+,33+,34+,35+/m1/s1. The Morgan fingerprint density at radius 3 is 1.09 bits per heavy atom. The monoisotopic (exact) mass is 960 g/mol.